The second-order valence-corrected chi connectivity index (χ2v) is 8.93. The summed E-state index contributed by atoms with van der Waals surface area (Å²) in [6.45, 7) is 1.99. The number of rotatable bonds is 5. The highest BCUT2D eigenvalue weighted by atomic mass is 16.2. The maximum atomic E-state index is 13.5. The number of fused-ring (bicyclic) bond motifs is 1. The minimum atomic E-state index is -0.600. The third kappa shape index (κ3) is 3.48. The smallest absolute Gasteiger partial charge is 0.234 e. The first-order chi connectivity index (χ1) is 15.0. The summed E-state index contributed by atoms with van der Waals surface area (Å²) in [5.74, 6) is -0.736. The molecule has 1 N–H and O–H groups in total. The first kappa shape index (κ1) is 19.7. The molecule has 1 saturated carbocycles. The lowest BCUT2D eigenvalue weighted by atomic mass is 9.63. The minimum Gasteiger partial charge on any atom is -0.326 e. The first-order valence-corrected chi connectivity index (χ1v) is 11.0. The van der Waals surface area contributed by atoms with Crippen molar-refractivity contribution in [3.05, 3.63) is 77.9 Å². The molecule has 0 unspecified atom stereocenters. The number of aryl methyl sites for hydroxylation is 1. The van der Waals surface area contributed by atoms with Gasteiger partial charge in [-0.1, -0.05) is 60.2 Å². The van der Waals surface area contributed by atoms with E-state index in [2.05, 4.69) is 17.5 Å². The Hall–Kier alpha value is -3.21. The predicted molar refractivity (Wildman–Crippen MR) is 118 cm³/mol. The van der Waals surface area contributed by atoms with Gasteiger partial charge in [-0.05, 0) is 49.3 Å². The van der Waals surface area contributed by atoms with Gasteiger partial charge in [-0.25, -0.2) is 0 Å². The van der Waals surface area contributed by atoms with E-state index in [0.717, 1.165) is 24.0 Å². The molecule has 2 bridgehead atoms. The maximum Gasteiger partial charge on any atom is 0.234 e. The molecule has 5 atom stereocenters. The average molecular weight is 415 g/mol. The average Bonchev–Trinajstić information content (AvgIpc) is 3.07. The number of nitrogens with one attached hydrogen (secondary N) is 1. The second-order valence-electron chi connectivity index (χ2n) is 8.93. The molecular formula is C26H26N2O3. The number of imide groups is 1. The van der Waals surface area contributed by atoms with Gasteiger partial charge in [0.15, 0.2) is 0 Å². The van der Waals surface area contributed by atoms with Crippen molar-refractivity contribution in [2.75, 3.05) is 5.32 Å². The molecule has 5 nitrogen and oxygen atoms in total. The Morgan fingerprint density at radius 2 is 1.52 bits per heavy atom. The largest absolute Gasteiger partial charge is 0.326 e. The molecule has 5 heteroatoms. The van der Waals surface area contributed by atoms with E-state index in [9.17, 15) is 14.4 Å². The number of hydrogen-bond donors (Lipinski definition) is 1. The fourth-order valence-corrected chi connectivity index (χ4v) is 5.46. The Morgan fingerprint density at radius 1 is 0.935 bits per heavy atom. The Labute approximate surface area is 182 Å². The fraction of sp³-hybridized carbons (Fsp3) is 0.346. The highest BCUT2D eigenvalue weighted by molar-refractivity contribution is 6.07. The third-order valence-electron chi connectivity index (χ3n) is 7.00. The van der Waals surface area contributed by atoms with Crippen LogP contribution in [0.2, 0.25) is 0 Å². The Bertz CT molecular complexity index is 1010. The van der Waals surface area contributed by atoms with Gasteiger partial charge in [0.05, 0.1) is 24.3 Å². The Kier molecular flexibility index (Phi) is 4.97. The van der Waals surface area contributed by atoms with E-state index in [4.69, 9.17) is 0 Å². The zero-order valence-electron chi connectivity index (χ0n) is 17.5. The molecule has 2 fully saturated rings. The zero-order chi connectivity index (χ0) is 21.5. The molecule has 1 saturated heterocycles. The van der Waals surface area contributed by atoms with Gasteiger partial charge in [-0.2, -0.15) is 0 Å². The van der Waals surface area contributed by atoms with Crippen molar-refractivity contribution < 1.29 is 14.4 Å². The summed E-state index contributed by atoms with van der Waals surface area (Å²) in [7, 11) is 0. The van der Waals surface area contributed by atoms with Gasteiger partial charge in [0.2, 0.25) is 17.7 Å². The van der Waals surface area contributed by atoms with Gasteiger partial charge in [-0.3, -0.25) is 19.3 Å². The molecule has 31 heavy (non-hydrogen) atoms. The number of anilines is 1. The topological polar surface area (TPSA) is 66.5 Å². The number of carbonyl (C=O) groups excluding carboxylic acids is 3. The first-order valence-electron chi connectivity index (χ1n) is 11.0. The number of nitrogens with zero attached hydrogens (tertiary/aromatic N) is 1. The van der Waals surface area contributed by atoms with Gasteiger partial charge in [0, 0.05) is 5.69 Å². The lowest BCUT2D eigenvalue weighted by Gasteiger charge is -2.38. The highest BCUT2D eigenvalue weighted by Gasteiger charge is 2.58. The third-order valence-corrected chi connectivity index (χ3v) is 7.00. The monoisotopic (exact) mass is 414 g/mol. The summed E-state index contributed by atoms with van der Waals surface area (Å²) in [4.78, 5) is 41.3. The predicted octanol–water partition coefficient (Wildman–Crippen LogP) is 4.26. The normalized spacial score (nSPS) is 27.3. The van der Waals surface area contributed by atoms with Crippen LogP contribution in [0.4, 0.5) is 5.69 Å². The fourth-order valence-electron chi connectivity index (χ4n) is 5.46. The summed E-state index contributed by atoms with van der Waals surface area (Å²) in [6.07, 6.45) is 6.19. The summed E-state index contributed by atoms with van der Waals surface area (Å²) < 4.78 is 0. The van der Waals surface area contributed by atoms with Crippen LogP contribution in [0.15, 0.2) is 66.7 Å². The van der Waals surface area contributed by atoms with Crippen molar-refractivity contribution in [1.29, 1.82) is 0 Å². The summed E-state index contributed by atoms with van der Waals surface area (Å²) in [5, 5.41) is 2.91. The zero-order valence-corrected chi connectivity index (χ0v) is 17.5. The number of amides is 3. The minimum absolute atomic E-state index is 0.0393. The van der Waals surface area contributed by atoms with Crippen molar-refractivity contribution in [3.63, 3.8) is 0 Å². The van der Waals surface area contributed by atoms with E-state index >= 15 is 0 Å². The SMILES string of the molecule is Cc1ccc(NC(=O)C[C@H](c2ccccc2)N2C(=O)[C@@H]3[C@H](C2=O)[C@H]2C=C[C@H]3CC2)cc1. The van der Waals surface area contributed by atoms with Crippen molar-refractivity contribution in [1.82, 2.24) is 4.90 Å². The summed E-state index contributed by atoms with van der Waals surface area (Å²) >= 11 is 0. The van der Waals surface area contributed by atoms with Crippen LogP contribution in [0, 0.1) is 30.6 Å². The van der Waals surface area contributed by atoms with Crippen LogP contribution in [0.25, 0.3) is 0 Å². The molecule has 3 aliphatic carbocycles. The van der Waals surface area contributed by atoms with Crippen LogP contribution < -0.4 is 5.32 Å². The van der Waals surface area contributed by atoms with Gasteiger partial charge in [0.1, 0.15) is 0 Å². The molecule has 1 aliphatic heterocycles. The van der Waals surface area contributed by atoms with Crippen LogP contribution in [0.5, 0.6) is 0 Å². The van der Waals surface area contributed by atoms with Gasteiger partial charge >= 0.3 is 0 Å². The molecule has 4 aliphatic rings. The van der Waals surface area contributed by atoms with Crippen molar-refractivity contribution in [3.8, 4) is 0 Å². The Morgan fingerprint density at radius 3 is 2.06 bits per heavy atom. The van der Waals surface area contributed by atoms with E-state index in [-0.39, 0.29) is 47.8 Å². The van der Waals surface area contributed by atoms with E-state index in [1.54, 1.807) is 0 Å². The van der Waals surface area contributed by atoms with Crippen molar-refractivity contribution in [2.24, 2.45) is 23.7 Å². The van der Waals surface area contributed by atoms with E-state index < -0.39 is 6.04 Å². The van der Waals surface area contributed by atoms with E-state index in [1.165, 1.54) is 4.90 Å². The number of carbonyl (C=O) groups is 3. The summed E-state index contributed by atoms with van der Waals surface area (Å²) in [6, 6.07) is 16.4. The molecular weight excluding hydrogens is 388 g/mol. The molecule has 1 heterocycles. The molecule has 0 radical (unpaired) electrons. The van der Waals surface area contributed by atoms with Crippen LogP contribution in [0.3, 0.4) is 0 Å². The van der Waals surface area contributed by atoms with E-state index in [0.29, 0.717) is 5.69 Å². The lowest BCUT2D eigenvalue weighted by molar-refractivity contribution is -0.143. The number of likely N-dealkylation sites (tertiary alicyclic amines) is 1. The van der Waals surface area contributed by atoms with Crippen molar-refractivity contribution in [2.45, 2.75) is 32.2 Å². The maximum absolute atomic E-state index is 13.5. The molecule has 2 aromatic carbocycles. The molecule has 0 aromatic heterocycles. The standard InChI is InChI=1S/C26H26N2O3/c1-16-7-13-20(14-8-16)27-22(29)15-21(17-5-3-2-4-6-17)28-25(30)23-18-9-10-19(12-11-18)24(23)26(28)31/h2-10,13-14,18-19,21,23-24H,11-12,15H2,1H3,(H,27,29)/t18-,19-,21+,23-,24+/m0/s1. The molecule has 0 spiro atoms. The molecule has 6 rings (SSSR count). The number of allylic oxidation sites excluding steroid dienone is 2. The van der Waals surface area contributed by atoms with Crippen LogP contribution in [0.1, 0.15) is 36.4 Å². The number of hydrogen-bond acceptors (Lipinski definition) is 3. The van der Waals surface area contributed by atoms with Gasteiger partial charge < -0.3 is 5.32 Å². The summed E-state index contributed by atoms with van der Waals surface area (Å²) in [5.41, 5.74) is 2.62. The Balaban J connectivity index is 1.43. The van der Waals surface area contributed by atoms with Gasteiger partial charge in [-0.15, -0.1) is 0 Å². The highest BCUT2D eigenvalue weighted by Crippen LogP contribution is 2.51. The molecule has 2 aromatic rings. The van der Waals surface area contributed by atoms with Crippen LogP contribution >= 0.6 is 0 Å². The van der Waals surface area contributed by atoms with Crippen LogP contribution in [-0.2, 0) is 14.4 Å². The molecule has 158 valence electrons. The van der Waals surface area contributed by atoms with Crippen LogP contribution in [-0.4, -0.2) is 22.6 Å². The lowest BCUT2D eigenvalue weighted by Crippen LogP contribution is -2.38. The van der Waals surface area contributed by atoms with E-state index in [1.807, 2.05) is 61.5 Å². The van der Waals surface area contributed by atoms with Gasteiger partial charge in [0.25, 0.3) is 0 Å². The van der Waals surface area contributed by atoms with Crippen molar-refractivity contribution >= 4 is 23.4 Å². The number of benzene rings is 2. The second kappa shape index (κ2) is 7.80. The molecule has 3 amide bonds. The quantitative estimate of drug-likeness (QED) is 0.587.